The van der Waals surface area contributed by atoms with Crippen LogP contribution in [0.2, 0.25) is 0 Å². The fraction of sp³-hybridized carbons (Fsp3) is 0.857. The Bertz CT molecular complexity index is 388. The third kappa shape index (κ3) is 2.91. The highest BCUT2D eigenvalue weighted by Gasteiger charge is 2.36. The lowest BCUT2D eigenvalue weighted by Gasteiger charge is -2.38. The van der Waals surface area contributed by atoms with Crippen LogP contribution in [0, 0.1) is 11.8 Å². The Hall–Kier alpha value is -0.900. The second-order valence-corrected chi connectivity index (χ2v) is 5.99. The topological polar surface area (TPSA) is 50.9 Å². The number of aromatic nitrogens is 3. The van der Waals surface area contributed by atoms with Crippen molar-refractivity contribution in [3.05, 3.63) is 12.2 Å². The minimum atomic E-state index is -0.576. The predicted molar refractivity (Wildman–Crippen MR) is 71.1 cm³/mol. The zero-order valence-corrected chi connectivity index (χ0v) is 11.8. The molecule has 0 bridgehead atoms. The molecule has 1 heterocycles. The summed E-state index contributed by atoms with van der Waals surface area (Å²) in [6.45, 7) is 7.38. The van der Waals surface area contributed by atoms with Gasteiger partial charge in [-0.2, -0.15) is 5.10 Å². The molecule has 1 fully saturated rings. The molecule has 18 heavy (non-hydrogen) atoms. The average molecular weight is 251 g/mol. The number of hydrogen-bond donors (Lipinski definition) is 1. The van der Waals surface area contributed by atoms with Crippen molar-refractivity contribution in [1.82, 2.24) is 14.8 Å². The van der Waals surface area contributed by atoms with Gasteiger partial charge in [0, 0.05) is 13.0 Å². The molecular formula is C14H25N3O. The van der Waals surface area contributed by atoms with Crippen LogP contribution in [-0.2, 0) is 13.0 Å². The Labute approximate surface area is 109 Å². The van der Waals surface area contributed by atoms with Gasteiger partial charge in [-0.3, -0.25) is 4.68 Å². The van der Waals surface area contributed by atoms with Crippen LogP contribution >= 0.6 is 0 Å². The summed E-state index contributed by atoms with van der Waals surface area (Å²) in [7, 11) is 0. The Morgan fingerprint density at radius 2 is 2.33 bits per heavy atom. The van der Waals surface area contributed by atoms with Gasteiger partial charge in [0.2, 0.25) is 0 Å². The summed E-state index contributed by atoms with van der Waals surface area (Å²) in [5.41, 5.74) is -0.576. The van der Waals surface area contributed by atoms with Crippen molar-refractivity contribution in [3.63, 3.8) is 0 Å². The zero-order valence-electron chi connectivity index (χ0n) is 11.8. The molecule has 102 valence electrons. The fourth-order valence-electron chi connectivity index (χ4n) is 3.10. The summed E-state index contributed by atoms with van der Waals surface area (Å²) in [5, 5.41) is 15.0. The number of nitrogens with zero attached hydrogens (tertiary/aromatic N) is 3. The van der Waals surface area contributed by atoms with Gasteiger partial charge in [0.25, 0.3) is 0 Å². The zero-order chi connectivity index (χ0) is 13.2. The Morgan fingerprint density at radius 1 is 1.56 bits per heavy atom. The first-order valence-corrected chi connectivity index (χ1v) is 7.13. The summed E-state index contributed by atoms with van der Waals surface area (Å²) >= 11 is 0. The monoisotopic (exact) mass is 251 g/mol. The first-order chi connectivity index (χ1) is 8.54. The normalized spacial score (nSPS) is 28.8. The summed E-state index contributed by atoms with van der Waals surface area (Å²) in [5.74, 6) is 2.21. The quantitative estimate of drug-likeness (QED) is 0.894. The molecule has 0 aromatic carbocycles. The lowest BCUT2D eigenvalue weighted by atomic mass is 9.72. The van der Waals surface area contributed by atoms with Crippen LogP contribution in [0.3, 0.4) is 0 Å². The van der Waals surface area contributed by atoms with Gasteiger partial charge in [-0.15, -0.1) is 0 Å². The van der Waals surface area contributed by atoms with Crippen molar-refractivity contribution in [3.8, 4) is 0 Å². The average Bonchev–Trinajstić information content (AvgIpc) is 2.75. The third-order valence-electron chi connectivity index (χ3n) is 4.28. The minimum absolute atomic E-state index is 0.576. The molecule has 2 atom stereocenters. The molecule has 0 amide bonds. The number of aliphatic hydroxyl groups is 1. The smallest absolute Gasteiger partial charge is 0.138 e. The summed E-state index contributed by atoms with van der Waals surface area (Å²) in [6.07, 6.45) is 6.41. The maximum absolute atomic E-state index is 10.8. The Kier molecular flexibility index (Phi) is 4.05. The second kappa shape index (κ2) is 5.39. The van der Waals surface area contributed by atoms with E-state index >= 15 is 0 Å². The maximum Gasteiger partial charge on any atom is 0.138 e. The lowest BCUT2D eigenvalue weighted by Crippen LogP contribution is -2.39. The highest BCUT2D eigenvalue weighted by Crippen LogP contribution is 2.37. The summed E-state index contributed by atoms with van der Waals surface area (Å²) in [6, 6.07) is 0. The second-order valence-electron chi connectivity index (χ2n) is 5.99. The van der Waals surface area contributed by atoms with E-state index in [2.05, 4.69) is 30.9 Å². The van der Waals surface area contributed by atoms with Crippen molar-refractivity contribution < 1.29 is 5.11 Å². The van der Waals surface area contributed by atoms with E-state index < -0.39 is 5.60 Å². The molecule has 2 rings (SSSR count). The molecule has 0 spiro atoms. The van der Waals surface area contributed by atoms with E-state index in [4.69, 9.17) is 0 Å². The number of rotatable bonds is 4. The molecule has 1 saturated carbocycles. The molecule has 4 nitrogen and oxygen atoms in total. The van der Waals surface area contributed by atoms with Crippen molar-refractivity contribution in [2.45, 2.75) is 65.0 Å². The molecule has 0 aliphatic heterocycles. The summed E-state index contributed by atoms with van der Waals surface area (Å²) in [4.78, 5) is 4.29. The summed E-state index contributed by atoms with van der Waals surface area (Å²) < 4.78 is 1.89. The molecule has 0 saturated heterocycles. The SMILES string of the molecule is CCn1ncnc1CC1(O)CCCC(C(C)C)C1. The molecule has 1 aliphatic carbocycles. The van der Waals surface area contributed by atoms with Crippen LogP contribution in [0.15, 0.2) is 6.33 Å². The number of aryl methyl sites for hydroxylation is 1. The fourth-order valence-corrected chi connectivity index (χ4v) is 3.10. The third-order valence-corrected chi connectivity index (χ3v) is 4.28. The van der Waals surface area contributed by atoms with E-state index in [0.29, 0.717) is 18.3 Å². The lowest BCUT2D eigenvalue weighted by molar-refractivity contribution is -0.0261. The van der Waals surface area contributed by atoms with E-state index in [9.17, 15) is 5.11 Å². The van der Waals surface area contributed by atoms with Crippen LogP contribution in [0.5, 0.6) is 0 Å². The highest BCUT2D eigenvalue weighted by molar-refractivity contribution is 4.97. The first kappa shape index (κ1) is 13.5. The van der Waals surface area contributed by atoms with Crippen LogP contribution < -0.4 is 0 Å². The van der Waals surface area contributed by atoms with Crippen LogP contribution in [0.4, 0.5) is 0 Å². The van der Waals surface area contributed by atoms with E-state index in [1.54, 1.807) is 6.33 Å². The van der Waals surface area contributed by atoms with Crippen molar-refractivity contribution in [2.75, 3.05) is 0 Å². The van der Waals surface area contributed by atoms with Crippen LogP contribution in [0.1, 0.15) is 52.3 Å². The van der Waals surface area contributed by atoms with Crippen molar-refractivity contribution in [2.24, 2.45) is 11.8 Å². The van der Waals surface area contributed by atoms with Gasteiger partial charge in [0.15, 0.2) is 0 Å². The van der Waals surface area contributed by atoms with Gasteiger partial charge >= 0.3 is 0 Å². The van der Waals surface area contributed by atoms with Gasteiger partial charge in [-0.25, -0.2) is 4.98 Å². The predicted octanol–water partition coefficient (Wildman–Crippen LogP) is 2.42. The number of hydrogen-bond acceptors (Lipinski definition) is 3. The minimum Gasteiger partial charge on any atom is -0.389 e. The van der Waals surface area contributed by atoms with Gasteiger partial charge in [0.1, 0.15) is 12.2 Å². The van der Waals surface area contributed by atoms with E-state index in [0.717, 1.165) is 31.6 Å². The molecule has 4 heteroatoms. The van der Waals surface area contributed by atoms with E-state index in [1.807, 2.05) is 4.68 Å². The van der Waals surface area contributed by atoms with Crippen LogP contribution in [0.25, 0.3) is 0 Å². The van der Waals surface area contributed by atoms with Gasteiger partial charge in [-0.1, -0.05) is 20.3 Å². The van der Waals surface area contributed by atoms with Crippen molar-refractivity contribution in [1.29, 1.82) is 0 Å². The molecule has 1 aromatic heterocycles. The molecule has 2 unspecified atom stereocenters. The Balaban J connectivity index is 2.07. The molecule has 0 radical (unpaired) electrons. The van der Waals surface area contributed by atoms with E-state index in [-0.39, 0.29) is 0 Å². The van der Waals surface area contributed by atoms with Gasteiger partial charge in [0.05, 0.1) is 5.60 Å². The maximum atomic E-state index is 10.8. The molecular weight excluding hydrogens is 226 g/mol. The standard InChI is InChI=1S/C14H25N3O/c1-4-17-13(15-10-16-17)9-14(18)7-5-6-12(8-14)11(2)3/h10-12,18H,4-9H2,1-3H3. The largest absolute Gasteiger partial charge is 0.389 e. The molecule has 1 aromatic rings. The highest BCUT2D eigenvalue weighted by atomic mass is 16.3. The van der Waals surface area contributed by atoms with Gasteiger partial charge < -0.3 is 5.11 Å². The van der Waals surface area contributed by atoms with E-state index in [1.165, 1.54) is 6.42 Å². The van der Waals surface area contributed by atoms with Crippen molar-refractivity contribution >= 4 is 0 Å². The van der Waals surface area contributed by atoms with Gasteiger partial charge in [-0.05, 0) is 38.0 Å². The molecule has 1 aliphatic rings. The Morgan fingerprint density at radius 3 is 3.00 bits per heavy atom. The first-order valence-electron chi connectivity index (χ1n) is 7.13. The molecule has 1 N–H and O–H groups in total. The van der Waals surface area contributed by atoms with Crippen LogP contribution in [-0.4, -0.2) is 25.5 Å².